The van der Waals surface area contributed by atoms with Crippen LogP contribution < -0.4 is 10.5 Å². The molecule has 1 rings (SSSR count). The largest absolute Gasteiger partial charge is 0.573 e. The van der Waals surface area contributed by atoms with Gasteiger partial charge in [-0.05, 0) is 38.5 Å². The molecule has 0 fully saturated rings. The highest BCUT2D eigenvalue weighted by atomic mass is 127. The van der Waals surface area contributed by atoms with Crippen molar-refractivity contribution in [3.8, 4) is 5.75 Å². The van der Waals surface area contributed by atoms with Gasteiger partial charge in [0.15, 0.2) is 5.75 Å². The number of rotatable bonds is 2. The van der Waals surface area contributed by atoms with Crippen molar-refractivity contribution in [1.82, 2.24) is 4.98 Å². The Morgan fingerprint density at radius 3 is 2.60 bits per heavy atom. The molecule has 0 unspecified atom stereocenters. The van der Waals surface area contributed by atoms with Gasteiger partial charge in [-0.2, -0.15) is 0 Å². The Balaban J connectivity index is 3.18. The Labute approximate surface area is 105 Å². The second kappa shape index (κ2) is 4.83. The molecule has 3 nitrogen and oxygen atoms in total. The van der Waals surface area contributed by atoms with Gasteiger partial charge in [-0.25, -0.2) is 0 Å². The number of nitrogens with zero attached hydrogens (tertiary/aromatic N) is 1. The maximum Gasteiger partial charge on any atom is 0.573 e. The van der Waals surface area contributed by atoms with Crippen LogP contribution in [0.2, 0.25) is 0 Å². The monoisotopic (exact) mass is 396 g/mol. The SMILES string of the molecule is NCc1ncc(Br)c(I)c1OC(F)(F)F. The number of pyridine rings is 1. The summed E-state index contributed by atoms with van der Waals surface area (Å²) < 4.78 is 40.8. The fraction of sp³-hybridized carbons (Fsp3) is 0.286. The minimum Gasteiger partial charge on any atom is -0.403 e. The van der Waals surface area contributed by atoms with Crippen molar-refractivity contribution in [3.63, 3.8) is 0 Å². The summed E-state index contributed by atoms with van der Waals surface area (Å²) in [4.78, 5) is 3.74. The van der Waals surface area contributed by atoms with Gasteiger partial charge < -0.3 is 10.5 Å². The number of ether oxygens (including phenoxy) is 1. The van der Waals surface area contributed by atoms with Crippen LogP contribution in [0.25, 0.3) is 0 Å². The quantitative estimate of drug-likeness (QED) is 0.782. The second-order valence-corrected chi connectivity index (χ2v) is 4.38. The first-order valence-corrected chi connectivity index (χ1v) is 5.51. The third-order valence-corrected chi connectivity index (χ3v) is 3.83. The van der Waals surface area contributed by atoms with E-state index in [2.05, 4.69) is 25.7 Å². The average Bonchev–Trinajstić information content (AvgIpc) is 2.11. The van der Waals surface area contributed by atoms with Gasteiger partial charge in [0.05, 0.1) is 13.7 Å². The van der Waals surface area contributed by atoms with E-state index in [4.69, 9.17) is 5.73 Å². The Hall–Kier alpha value is -0.0900. The van der Waals surface area contributed by atoms with Crippen molar-refractivity contribution in [2.45, 2.75) is 12.9 Å². The van der Waals surface area contributed by atoms with Crippen LogP contribution in [-0.4, -0.2) is 11.3 Å². The lowest BCUT2D eigenvalue weighted by Gasteiger charge is -2.13. The van der Waals surface area contributed by atoms with E-state index in [0.29, 0.717) is 8.04 Å². The van der Waals surface area contributed by atoms with Gasteiger partial charge in [-0.15, -0.1) is 13.2 Å². The van der Waals surface area contributed by atoms with Crippen LogP contribution in [0.1, 0.15) is 5.69 Å². The third-order valence-electron chi connectivity index (χ3n) is 1.42. The lowest BCUT2D eigenvalue weighted by molar-refractivity contribution is -0.275. The minimum atomic E-state index is -4.74. The Bertz CT molecular complexity index is 372. The smallest absolute Gasteiger partial charge is 0.403 e. The van der Waals surface area contributed by atoms with Crippen LogP contribution in [0.15, 0.2) is 10.7 Å². The molecule has 0 saturated heterocycles. The van der Waals surface area contributed by atoms with Crippen molar-refractivity contribution in [1.29, 1.82) is 0 Å². The maximum atomic E-state index is 12.1. The number of alkyl halides is 3. The predicted molar refractivity (Wildman–Crippen MR) is 59.2 cm³/mol. The molecule has 0 atom stereocenters. The number of nitrogens with two attached hydrogens (primary N) is 1. The molecule has 2 N–H and O–H groups in total. The molecule has 1 heterocycles. The molecule has 15 heavy (non-hydrogen) atoms. The van der Waals surface area contributed by atoms with E-state index < -0.39 is 6.36 Å². The van der Waals surface area contributed by atoms with Crippen LogP contribution in [0, 0.1) is 3.57 Å². The fourth-order valence-corrected chi connectivity index (χ4v) is 1.69. The van der Waals surface area contributed by atoms with Crippen LogP contribution in [0.3, 0.4) is 0 Å². The standard InChI is InChI=1S/C7H5BrF3IN2O/c8-3-2-14-4(1-13)6(5(3)12)15-7(9,10)11/h2H,1,13H2. The van der Waals surface area contributed by atoms with E-state index in [1.807, 2.05) is 0 Å². The van der Waals surface area contributed by atoms with Crippen molar-refractivity contribution in [3.05, 3.63) is 19.9 Å². The zero-order valence-corrected chi connectivity index (χ0v) is 10.9. The first kappa shape index (κ1) is 13.0. The van der Waals surface area contributed by atoms with E-state index in [0.717, 1.165) is 0 Å². The number of halogens is 5. The molecule has 1 aromatic rings. The molecule has 0 spiro atoms. The molecule has 84 valence electrons. The summed E-state index contributed by atoms with van der Waals surface area (Å²) in [5.74, 6) is -0.347. The maximum absolute atomic E-state index is 12.1. The Morgan fingerprint density at radius 2 is 2.13 bits per heavy atom. The normalized spacial score (nSPS) is 11.6. The number of hydrogen-bond donors (Lipinski definition) is 1. The molecule has 0 aromatic carbocycles. The Kier molecular flexibility index (Phi) is 4.18. The van der Waals surface area contributed by atoms with Crippen molar-refractivity contribution in [2.75, 3.05) is 0 Å². The van der Waals surface area contributed by atoms with Gasteiger partial charge in [-0.3, -0.25) is 4.98 Å². The van der Waals surface area contributed by atoms with E-state index in [1.165, 1.54) is 6.20 Å². The highest BCUT2D eigenvalue weighted by Gasteiger charge is 2.33. The topological polar surface area (TPSA) is 48.1 Å². The first-order chi connectivity index (χ1) is 6.85. The highest BCUT2D eigenvalue weighted by molar-refractivity contribution is 14.1. The van der Waals surface area contributed by atoms with Crippen molar-refractivity contribution < 1.29 is 17.9 Å². The second-order valence-electron chi connectivity index (χ2n) is 2.45. The molecule has 0 radical (unpaired) electrons. The molecule has 0 bridgehead atoms. The summed E-state index contributed by atoms with van der Waals surface area (Å²) in [5, 5.41) is 0. The van der Waals surface area contributed by atoms with E-state index in [1.54, 1.807) is 22.6 Å². The van der Waals surface area contributed by atoms with Gasteiger partial charge in [0, 0.05) is 12.7 Å². The summed E-state index contributed by atoms with van der Waals surface area (Å²) in [6, 6.07) is 0. The lowest BCUT2D eigenvalue weighted by atomic mass is 10.3. The van der Waals surface area contributed by atoms with Gasteiger partial charge in [0.2, 0.25) is 0 Å². The van der Waals surface area contributed by atoms with Crippen LogP contribution in [-0.2, 0) is 6.54 Å². The van der Waals surface area contributed by atoms with Crippen molar-refractivity contribution >= 4 is 38.5 Å². The average molecular weight is 397 g/mol. The van der Waals surface area contributed by atoms with Crippen LogP contribution in [0.5, 0.6) is 5.75 Å². The minimum absolute atomic E-state index is 0.0694. The zero-order valence-electron chi connectivity index (χ0n) is 7.11. The molecular weight excluding hydrogens is 392 g/mol. The van der Waals surface area contributed by atoms with Crippen LogP contribution >= 0.6 is 38.5 Å². The summed E-state index contributed by atoms with van der Waals surface area (Å²) in [6.07, 6.45) is -3.36. The van der Waals surface area contributed by atoms with Gasteiger partial charge >= 0.3 is 6.36 Å². The summed E-state index contributed by atoms with van der Waals surface area (Å²) in [7, 11) is 0. The number of aromatic nitrogens is 1. The van der Waals surface area contributed by atoms with Gasteiger partial charge in [-0.1, -0.05) is 0 Å². The van der Waals surface area contributed by atoms with E-state index >= 15 is 0 Å². The van der Waals surface area contributed by atoms with Crippen LogP contribution in [0.4, 0.5) is 13.2 Å². The molecule has 0 saturated carbocycles. The van der Waals surface area contributed by atoms with E-state index in [-0.39, 0.29) is 18.0 Å². The number of hydrogen-bond acceptors (Lipinski definition) is 3. The summed E-state index contributed by atoms with van der Waals surface area (Å²) >= 11 is 4.79. The van der Waals surface area contributed by atoms with E-state index in [9.17, 15) is 13.2 Å². The van der Waals surface area contributed by atoms with Gasteiger partial charge in [0.25, 0.3) is 0 Å². The fourth-order valence-electron chi connectivity index (χ4n) is 0.850. The molecular formula is C7H5BrF3IN2O. The Morgan fingerprint density at radius 1 is 1.53 bits per heavy atom. The molecule has 0 amide bonds. The molecule has 0 aliphatic heterocycles. The summed E-state index contributed by atoms with van der Waals surface area (Å²) in [6.45, 7) is -0.116. The highest BCUT2D eigenvalue weighted by Crippen LogP contribution is 2.34. The third kappa shape index (κ3) is 3.45. The zero-order chi connectivity index (χ0) is 11.6. The molecule has 0 aliphatic carbocycles. The van der Waals surface area contributed by atoms with Crippen molar-refractivity contribution in [2.24, 2.45) is 5.73 Å². The lowest BCUT2D eigenvalue weighted by Crippen LogP contribution is -2.20. The van der Waals surface area contributed by atoms with Gasteiger partial charge in [0.1, 0.15) is 0 Å². The first-order valence-electron chi connectivity index (χ1n) is 3.64. The predicted octanol–water partition coefficient (Wildman–Crippen LogP) is 2.81. The molecule has 1 aromatic heterocycles. The summed E-state index contributed by atoms with van der Waals surface area (Å²) in [5.41, 5.74) is 5.33. The molecule has 8 heteroatoms. The molecule has 0 aliphatic rings.